The number of aliphatic hydroxyl groups excluding tert-OH is 1. The Morgan fingerprint density at radius 3 is 1.59 bits per heavy atom. The lowest BCUT2D eigenvalue weighted by molar-refractivity contribution is -0.391. The molecule has 9 heteroatoms. The van der Waals surface area contributed by atoms with Gasteiger partial charge in [-0.25, -0.2) is 0 Å². The molecular formula is C8H11BF6O2. The minimum absolute atomic E-state index is 0.282. The predicted octanol–water partition coefficient (Wildman–Crippen LogP) is 1.96. The molecule has 2 N–H and O–H groups in total. The van der Waals surface area contributed by atoms with Gasteiger partial charge in [0, 0.05) is 0 Å². The van der Waals surface area contributed by atoms with Crippen LogP contribution in [0.2, 0.25) is 5.82 Å². The zero-order chi connectivity index (χ0) is 14.1. The summed E-state index contributed by atoms with van der Waals surface area (Å²) in [6, 6.07) is 0. The molecule has 1 unspecified atom stereocenters. The van der Waals surface area contributed by atoms with Gasteiger partial charge >= 0.3 is 12.4 Å². The van der Waals surface area contributed by atoms with Gasteiger partial charge in [-0.2, -0.15) is 26.3 Å². The number of hydrogen-bond acceptors (Lipinski definition) is 2. The van der Waals surface area contributed by atoms with Crippen molar-refractivity contribution in [1.82, 2.24) is 0 Å². The second-order valence-electron chi connectivity index (χ2n) is 3.83. The molecule has 0 aliphatic rings. The number of alkyl halides is 6. The molecule has 0 bridgehead atoms. The van der Waals surface area contributed by atoms with Gasteiger partial charge in [0.05, 0.1) is 7.85 Å². The Bertz CT molecular complexity index is 235. The molecule has 0 fully saturated rings. The first-order chi connectivity index (χ1) is 7.34. The van der Waals surface area contributed by atoms with Gasteiger partial charge in [0.25, 0.3) is 5.60 Å². The van der Waals surface area contributed by atoms with Crippen molar-refractivity contribution in [3.63, 3.8) is 0 Å². The van der Waals surface area contributed by atoms with Gasteiger partial charge in [-0.1, -0.05) is 19.2 Å². The van der Waals surface area contributed by atoms with Gasteiger partial charge < -0.3 is 10.2 Å². The highest BCUT2D eigenvalue weighted by Gasteiger charge is 2.73. The van der Waals surface area contributed by atoms with Crippen LogP contribution in [0, 0.1) is 0 Å². The first-order valence-corrected chi connectivity index (χ1v) is 4.63. The Hall–Kier alpha value is -0.435. The molecule has 0 aromatic carbocycles. The van der Waals surface area contributed by atoms with Crippen LogP contribution >= 0.6 is 0 Å². The summed E-state index contributed by atoms with van der Waals surface area (Å²) in [5.41, 5.74) is -5.13. The minimum atomic E-state index is -6.01. The SMILES string of the molecule is [B]C(C)CC[C@@H](O)C(O)(C(F)(F)F)C(F)(F)F. The lowest BCUT2D eigenvalue weighted by Gasteiger charge is -2.36. The standard InChI is InChI=1S/C8H11BF6O2/c1-4(9)2-3-5(16)6(17,7(10,11)12)8(13,14)15/h4-5,16-17H,2-3H2,1H3/t4?,5-/m1/s1. The average molecular weight is 264 g/mol. The number of rotatable bonds is 4. The number of aliphatic hydroxyl groups is 2. The van der Waals surface area contributed by atoms with Crippen LogP contribution in [0.5, 0.6) is 0 Å². The van der Waals surface area contributed by atoms with Crippen LogP contribution in [0.25, 0.3) is 0 Å². The maximum absolute atomic E-state index is 12.2. The summed E-state index contributed by atoms with van der Waals surface area (Å²) in [5.74, 6) is -0.685. The van der Waals surface area contributed by atoms with Gasteiger partial charge in [-0.3, -0.25) is 0 Å². The Balaban J connectivity index is 5.08. The smallest absolute Gasteiger partial charge is 0.389 e. The summed E-state index contributed by atoms with van der Waals surface area (Å²) >= 11 is 0. The highest BCUT2D eigenvalue weighted by atomic mass is 19.4. The van der Waals surface area contributed by atoms with Crippen LogP contribution < -0.4 is 0 Å². The maximum atomic E-state index is 12.2. The molecule has 0 saturated heterocycles. The van der Waals surface area contributed by atoms with E-state index in [1.807, 2.05) is 0 Å². The molecule has 0 aliphatic heterocycles. The highest BCUT2D eigenvalue weighted by molar-refractivity contribution is 6.11. The van der Waals surface area contributed by atoms with Crippen molar-refractivity contribution in [2.24, 2.45) is 0 Å². The molecule has 0 aliphatic carbocycles. The zero-order valence-corrected chi connectivity index (χ0v) is 8.81. The van der Waals surface area contributed by atoms with E-state index in [-0.39, 0.29) is 6.42 Å². The van der Waals surface area contributed by atoms with Gasteiger partial charge in [-0.05, 0) is 6.42 Å². The summed E-state index contributed by atoms with van der Waals surface area (Å²) in [7, 11) is 5.15. The molecule has 100 valence electrons. The maximum Gasteiger partial charge on any atom is 0.428 e. The molecule has 0 amide bonds. The van der Waals surface area contributed by atoms with Crippen LogP contribution in [0.4, 0.5) is 26.3 Å². The molecule has 0 rings (SSSR count). The first-order valence-electron chi connectivity index (χ1n) is 4.63. The molecular weight excluding hydrogens is 253 g/mol. The van der Waals surface area contributed by atoms with Gasteiger partial charge in [0.1, 0.15) is 6.10 Å². The van der Waals surface area contributed by atoms with Gasteiger partial charge in [-0.15, -0.1) is 0 Å². The molecule has 0 spiro atoms. The normalized spacial score (nSPS) is 17.9. The lowest BCUT2D eigenvalue weighted by atomic mass is 9.82. The Morgan fingerprint density at radius 2 is 1.35 bits per heavy atom. The quantitative estimate of drug-likeness (QED) is 0.602. The molecule has 17 heavy (non-hydrogen) atoms. The first kappa shape index (κ1) is 16.6. The Morgan fingerprint density at radius 1 is 1.00 bits per heavy atom. The summed E-state index contributed by atoms with van der Waals surface area (Å²) in [5, 5.41) is 17.7. The van der Waals surface area contributed by atoms with Crippen molar-refractivity contribution in [3.8, 4) is 0 Å². The van der Waals surface area contributed by atoms with Crippen molar-refractivity contribution in [3.05, 3.63) is 0 Å². The third kappa shape index (κ3) is 3.51. The molecule has 2 atom stereocenters. The van der Waals surface area contributed by atoms with E-state index in [1.165, 1.54) is 6.92 Å². The number of halogens is 6. The van der Waals surface area contributed by atoms with Crippen LogP contribution in [0.3, 0.4) is 0 Å². The summed E-state index contributed by atoms with van der Waals surface area (Å²) in [4.78, 5) is 0. The minimum Gasteiger partial charge on any atom is -0.389 e. The second-order valence-corrected chi connectivity index (χ2v) is 3.83. The van der Waals surface area contributed by atoms with Crippen molar-refractivity contribution in [2.45, 2.75) is 49.6 Å². The van der Waals surface area contributed by atoms with Crippen LogP contribution in [-0.4, -0.2) is 42.1 Å². The van der Waals surface area contributed by atoms with E-state index < -0.39 is 36.3 Å². The van der Waals surface area contributed by atoms with E-state index in [0.717, 1.165) is 0 Å². The molecule has 0 aromatic heterocycles. The average Bonchev–Trinajstić information content (AvgIpc) is 2.08. The molecule has 0 aromatic rings. The molecule has 0 saturated carbocycles. The van der Waals surface area contributed by atoms with E-state index in [9.17, 15) is 26.3 Å². The Labute approximate surface area is 95.0 Å². The van der Waals surface area contributed by atoms with Crippen LogP contribution in [-0.2, 0) is 0 Å². The summed E-state index contributed by atoms with van der Waals surface area (Å²) < 4.78 is 73.3. The Kier molecular flexibility index (Phi) is 4.92. The fraction of sp³-hybridized carbons (Fsp3) is 1.00. The van der Waals surface area contributed by atoms with Gasteiger partial charge in [0.2, 0.25) is 0 Å². The monoisotopic (exact) mass is 264 g/mol. The summed E-state index contributed by atoms with van der Waals surface area (Å²) in [6.07, 6.45) is -16.2. The fourth-order valence-electron chi connectivity index (χ4n) is 1.17. The van der Waals surface area contributed by atoms with Crippen molar-refractivity contribution >= 4 is 7.85 Å². The lowest BCUT2D eigenvalue weighted by Crippen LogP contribution is -2.64. The fourth-order valence-corrected chi connectivity index (χ4v) is 1.17. The third-order valence-corrected chi connectivity index (χ3v) is 2.24. The van der Waals surface area contributed by atoms with Gasteiger partial charge in [0.15, 0.2) is 0 Å². The topological polar surface area (TPSA) is 40.5 Å². The van der Waals surface area contributed by atoms with Crippen molar-refractivity contribution in [2.75, 3.05) is 0 Å². The predicted molar refractivity (Wildman–Crippen MR) is 47.5 cm³/mol. The van der Waals surface area contributed by atoms with Crippen LogP contribution in [0.15, 0.2) is 0 Å². The van der Waals surface area contributed by atoms with Crippen molar-refractivity contribution < 1.29 is 36.6 Å². The third-order valence-electron chi connectivity index (χ3n) is 2.24. The van der Waals surface area contributed by atoms with Crippen LogP contribution in [0.1, 0.15) is 19.8 Å². The largest absolute Gasteiger partial charge is 0.428 e. The molecule has 2 nitrogen and oxygen atoms in total. The van der Waals surface area contributed by atoms with E-state index in [2.05, 4.69) is 0 Å². The van der Waals surface area contributed by atoms with Crippen molar-refractivity contribution in [1.29, 1.82) is 0 Å². The van der Waals surface area contributed by atoms with E-state index in [0.29, 0.717) is 0 Å². The van der Waals surface area contributed by atoms with E-state index in [4.69, 9.17) is 18.1 Å². The van der Waals surface area contributed by atoms with E-state index >= 15 is 0 Å². The molecule has 2 radical (unpaired) electrons. The highest BCUT2D eigenvalue weighted by Crippen LogP contribution is 2.46. The zero-order valence-electron chi connectivity index (χ0n) is 8.81. The molecule has 0 heterocycles. The number of hydrogen-bond donors (Lipinski definition) is 2. The summed E-state index contributed by atoms with van der Waals surface area (Å²) in [6.45, 7) is 1.35. The van der Waals surface area contributed by atoms with E-state index in [1.54, 1.807) is 0 Å². The second kappa shape index (κ2) is 5.05.